The second-order valence-corrected chi connectivity index (χ2v) is 7.08. The van der Waals surface area contributed by atoms with E-state index in [1.807, 2.05) is 0 Å². The van der Waals surface area contributed by atoms with Gasteiger partial charge in [0.05, 0.1) is 29.2 Å². The van der Waals surface area contributed by atoms with Crippen LogP contribution in [0.3, 0.4) is 0 Å². The summed E-state index contributed by atoms with van der Waals surface area (Å²) in [5.74, 6) is -3.21. The van der Waals surface area contributed by atoms with Gasteiger partial charge in [0, 0.05) is 40.3 Å². The molecule has 2 aromatic rings. The Bertz CT molecular complexity index is 872. The zero-order valence-corrected chi connectivity index (χ0v) is 21.2. The number of anilines is 2. The van der Waals surface area contributed by atoms with Crippen LogP contribution in [0.25, 0.3) is 0 Å². The minimum Gasteiger partial charge on any atom is -0.396 e. The predicted octanol–water partition coefficient (Wildman–Crippen LogP) is 5.83. The van der Waals surface area contributed by atoms with Crippen molar-refractivity contribution in [2.75, 3.05) is 64.7 Å². The number of ether oxygens (including phenoxy) is 4. The van der Waals surface area contributed by atoms with Crippen LogP contribution in [0.1, 0.15) is 23.7 Å². The lowest BCUT2D eigenvalue weighted by molar-refractivity contribution is -0.109. The minimum atomic E-state index is -1.14. The molecule has 0 spiro atoms. The molecule has 0 aliphatic carbocycles. The molecule has 0 aliphatic rings. The molecule has 0 amide bonds. The van der Waals surface area contributed by atoms with Gasteiger partial charge >= 0.3 is 0 Å². The smallest absolute Gasteiger partial charge is 0.188 e. The summed E-state index contributed by atoms with van der Waals surface area (Å²) in [5.41, 5.74) is 4.51. The maximum absolute atomic E-state index is 13.9. The van der Waals surface area contributed by atoms with Gasteiger partial charge in [-0.05, 0) is 24.3 Å². The number of benzene rings is 2. The number of methoxy groups -OCH3 is 4. The second-order valence-electron chi connectivity index (χ2n) is 6.29. The third kappa shape index (κ3) is 10.2. The van der Waals surface area contributed by atoms with E-state index in [0.29, 0.717) is 5.33 Å². The summed E-state index contributed by atoms with van der Waals surface area (Å²) in [6, 6.07) is 4.49. The Morgan fingerprint density at radius 3 is 1.60 bits per heavy atom. The third-order valence-corrected chi connectivity index (χ3v) is 4.39. The van der Waals surface area contributed by atoms with Crippen molar-refractivity contribution in [2.24, 2.45) is 0 Å². The van der Waals surface area contributed by atoms with E-state index in [-0.39, 0.29) is 35.7 Å². The number of halogens is 7. The van der Waals surface area contributed by atoms with Gasteiger partial charge in [-0.1, -0.05) is 15.9 Å². The largest absolute Gasteiger partial charge is 0.396 e. The Morgan fingerprint density at radius 2 is 1.20 bits per heavy atom. The zero-order chi connectivity index (χ0) is 27.0. The summed E-state index contributed by atoms with van der Waals surface area (Å²) in [6.07, 6.45) is -2.22. The summed E-state index contributed by atoms with van der Waals surface area (Å²) in [7, 11) is 5.12. The standard InChI is InChI=1S/C11H14F3NO2.C9H11F2NO2.C2H4BrF/c1-16-11(17-2)9-7(13)3-4-8(10(9)14)15-6-5-12;1-13-9(14-2)7-5(10)3-4-6(12)8(7)11;3-1-2-4/h3-4,11,15H,5-6H2,1-2H3;3-4,9H,12H2,1-2H3;1-2H2. The summed E-state index contributed by atoms with van der Waals surface area (Å²) in [6.45, 7) is -0.962. The summed E-state index contributed by atoms with van der Waals surface area (Å²) >= 11 is 2.87. The van der Waals surface area contributed by atoms with Crippen LogP contribution in [-0.2, 0) is 18.9 Å². The Morgan fingerprint density at radius 1 is 0.771 bits per heavy atom. The van der Waals surface area contributed by atoms with Gasteiger partial charge in [0.15, 0.2) is 24.2 Å². The molecular weight excluding hydrogens is 550 g/mol. The number of rotatable bonds is 10. The first-order valence-corrected chi connectivity index (χ1v) is 11.0. The molecule has 35 heavy (non-hydrogen) atoms. The van der Waals surface area contributed by atoms with Crippen LogP contribution in [-0.4, -0.2) is 53.7 Å². The maximum Gasteiger partial charge on any atom is 0.188 e. The second kappa shape index (κ2) is 18.2. The van der Waals surface area contributed by atoms with Crippen LogP contribution in [0, 0.1) is 23.3 Å². The Kier molecular flexibility index (Phi) is 17.2. The molecule has 200 valence electrons. The number of nitrogen functional groups attached to an aromatic ring is 1. The number of nitrogens with one attached hydrogen (secondary N) is 1. The van der Waals surface area contributed by atoms with Gasteiger partial charge < -0.3 is 30.0 Å². The first-order chi connectivity index (χ1) is 16.7. The van der Waals surface area contributed by atoms with Gasteiger partial charge in [-0.15, -0.1) is 0 Å². The van der Waals surface area contributed by atoms with Crippen molar-refractivity contribution in [3.05, 3.63) is 58.7 Å². The minimum absolute atomic E-state index is 0.0122. The van der Waals surface area contributed by atoms with E-state index in [2.05, 4.69) is 21.2 Å². The van der Waals surface area contributed by atoms with Crippen LogP contribution in [0.4, 0.5) is 37.7 Å². The van der Waals surface area contributed by atoms with E-state index < -0.39 is 42.5 Å². The average Bonchev–Trinajstić information content (AvgIpc) is 2.86. The lowest BCUT2D eigenvalue weighted by Crippen LogP contribution is -2.12. The lowest BCUT2D eigenvalue weighted by atomic mass is 10.1. The molecule has 2 rings (SSSR count). The first kappa shape index (κ1) is 32.9. The highest BCUT2D eigenvalue weighted by Gasteiger charge is 2.22. The number of hydrogen-bond donors (Lipinski definition) is 2. The quantitative estimate of drug-likeness (QED) is 0.160. The topological polar surface area (TPSA) is 75.0 Å². The molecule has 0 heterocycles. The molecule has 0 fully saturated rings. The lowest BCUT2D eigenvalue weighted by Gasteiger charge is -2.17. The van der Waals surface area contributed by atoms with E-state index >= 15 is 0 Å². The molecule has 0 aliphatic heterocycles. The van der Waals surface area contributed by atoms with Gasteiger partial charge in [0.25, 0.3) is 0 Å². The SMILES string of the molecule is COC(OC)c1c(F)ccc(N)c1F.COC(OC)c1c(F)ccc(NCCF)c1F.FCCBr. The zero-order valence-electron chi connectivity index (χ0n) is 19.6. The fraction of sp³-hybridized carbons (Fsp3) is 0.455. The molecule has 0 atom stereocenters. The molecule has 0 saturated heterocycles. The summed E-state index contributed by atoms with van der Waals surface area (Å²) in [5, 5.41) is 2.97. The molecule has 0 saturated carbocycles. The van der Waals surface area contributed by atoms with E-state index in [9.17, 15) is 26.3 Å². The molecular formula is C22H29BrF6N2O4. The molecule has 0 bridgehead atoms. The van der Waals surface area contributed by atoms with Gasteiger partial charge in [-0.2, -0.15) is 0 Å². The molecule has 2 aromatic carbocycles. The Labute approximate surface area is 208 Å². The van der Waals surface area contributed by atoms with Crippen molar-refractivity contribution in [2.45, 2.75) is 12.6 Å². The van der Waals surface area contributed by atoms with Crippen molar-refractivity contribution in [1.82, 2.24) is 0 Å². The third-order valence-electron chi connectivity index (χ3n) is 4.09. The Balaban J connectivity index is 0.000000581. The monoisotopic (exact) mass is 578 g/mol. The van der Waals surface area contributed by atoms with E-state index in [0.717, 1.165) is 18.2 Å². The van der Waals surface area contributed by atoms with Crippen LogP contribution >= 0.6 is 15.9 Å². The first-order valence-electron chi connectivity index (χ1n) is 9.92. The number of nitrogens with two attached hydrogens (primary N) is 1. The van der Waals surface area contributed by atoms with Crippen molar-refractivity contribution < 1.29 is 45.3 Å². The van der Waals surface area contributed by atoms with Gasteiger partial charge in [-0.3, -0.25) is 4.39 Å². The molecule has 0 radical (unpaired) electrons. The molecule has 0 unspecified atom stereocenters. The number of alkyl halides is 3. The molecule has 13 heteroatoms. The molecule has 6 nitrogen and oxygen atoms in total. The van der Waals surface area contributed by atoms with Crippen LogP contribution in [0.15, 0.2) is 24.3 Å². The van der Waals surface area contributed by atoms with E-state index in [4.69, 9.17) is 24.7 Å². The highest BCUT2D eigenvalue weighted by atomic mass is 79.9. The van der Waals surface area contributed by atoms with E-state index in [1.54, 1.807) is 0 Å². The summed E-state index contributed by atoms with van der Waals surface area (Å²) < 4.78 is 95.7. The fourth-order valence-electron chi connectivity index (χ4n) is 2.57. The normalized spacial score (nSPS) is 10.5. The fourth-order valence-corrected chi connectivity index (χ4v) is 2.57. The van der Waals surface area contributed by atoms with Crippen LogP contribution < -0.4 is 11.1 Å². The van der Waals surface area contributed by atoms with Gasteiger partial charge in [0.1, 0.15) is 18.3 Å². The highest BCUT2D eigenvalue weighted by molar-refractivity contribution is 9.09. The van der Waals surface area contributed by atoms with Crippen molar-refractivity contribution in [1.29, 1.82) is 0 Å². The van der Waals surface area contributed by atoms with Crippen molar-refractivity contribution >= 4 is 27.3 Å². The van der Waals surface area contributed by atoms with Crippen LogP contribution in [0.5, 0.6) is 0 Å². The maximum atomic E-state index is 13.9. The summed E-state index contributed by atoms with van der Waals surface area (Å²) in [4.78, 5) is 0. The average molecular weight is 579 g/mol. The molecule has 0 aromatic heterocycles. The van der Waals surface area contributed by atoms with Gasteiger partial charge in [0.2, 0.25) is 0 Å². The van der Waals surface area contributed by atoms with Crippen molar-refractivity contribution in [3.8, 4) is 0 Å². The molecule has 3 N–H and O–H groups in total. The van der Waals surface area contributed by atoms with E-state index in [1.165, 1.54) is 34.5 Å². The predicted molar refractivity (Wildman–Crippen MR) is 125 cm³/mol. The van der Waals surface area contributed by atoms with Crippen LogP contribution in [0.2, 0.25) is 0 Å². The number of hydrogen-bond acceptors (Lipinski definition) is 6. The van der Waals surface area contributed by atoms with Gasteiger partial charge in [-0.25, -0.2) is 22.0 Å². The Hall–Kier alpha value is -2.06. The highest BCUT2D eigenvalue weighted by Crippen LogP contribution is 2.29. The van der Waals surface area contributed by atoms with Crippen molar-refractivity contribution in [3.63, 3.8) is 0 Å².